The van der Waals surface area contributed by atoms with Crippen LogP contribution in [0.1, 0.15) is 0 Å². The van der Waals surface area contributed by atoms with E-state index in [1.54, 1.807) is 0 Å². The van der Waals surface area contributed by atoms with Gasteiger partial charge in [0.1, 0.15) is 11.5 Å². The lowest BCUT2D eigenvalue weighted by Crippen LogP contribution is -1.98. The highest BCUT2D eigenvalue weighted by molar-refractivity contribution is 6.17. The van der Waals surface area contributed by atoms with Crippen LogP contribution in [-0.2, 0) is 0 Å². The maximum atomic E-state index is 6.66. The van der Waals surface area contributed by atoms with Crippen LogP contribution in [0.15, 0.2) is 133 Å². The third kappa shape index (κ3) is 2.96. The van der Waals surface area contributed by atoms with Crippen LogP contribution in [0.2, 0.25) is 0 Å². The molecule has 8 aromatic carbocycles. The monoisotopic (exact) mass is 494 g/mol. The lowest BCUT2D eigenvalue weighted by Gasteiger charge is -2.23. The zero-order valence-electron chi connectivity index (χ0n) is 21.1. The summed E-state index contributed by atoms with van der Waals surface area (Å²) >= 11 is 0. The molecule has 0 radical (unpaired) electrons. The number of hydrogen-bond acceptors (Lipinski definition) is 1. The quantitative estimate of drug-likeness (QED) is 0.163. The lowest BCUT2D eigenvalue weighted by molar-refractivity contribution is 0.488. The van der Waals surface area contributed by atoms with Gasteiger partial charge in [-0.15, -0.1) is 0 Å². The second-order valence-electron chi connectivity index (χ2n) is 10.5. The molecule has 1 aliphatic heterocycles. The molecule has 0 saturated heterocycles. The molecule has 0 fully saturated rings. The number of ether oxygens (including phenoxy) is 1. The Bertz CT molecular complexity index is 2310. The number of fused-ring (bicyclic) bond motifs is 8. The van der Waals surface area contributed by atoms with Gasteiger partial charge < -0.3 is 4.74 Å². The summed E-state index contributed by atoms with van der Waals surface area (Å²) in [6, 6.07) is 48.4. The zero-order chi connectivity index (χ0) is 25.5. The molecule has 0 amide bonds. The molecule has 180 valence electrons. The predicted molar refractivity (Wildman–Crippen MR) is 165 cm³/mol. The van der Waals surface area contributed by atoms with Crippen LogP contribution in [0.3, 0.4) is 0 Å². The van der Waals surface area contributed by atoms with Crippen LogP contribution >= 0.6 is 0 Å². The Morgan fingerprint density at radius 2 is 1.00 bits per heavy atom. The topological polar surface area (TPSA) is 9.23 Å². The van der Waals surface area contributed by atoms with Crippen LogP contribution in [-0.4, -0.2) is 0 Å². The molecule has 0 unspecified atom stereocenters. The van der Waals surface area contributed by atoms with E-state index in [1.165, 1.54) is 65.0 Å². The molecule has 0 N–H and O–H groups in total. The molecule has 1 heteroatoms. The normalized spacial score (nSPS) is 12.3. The Hall–Kier alpha value is -5.14. The summed E-state index contributed by atoms with van der Waals surface area (Å²) in [5, 5.41) is 12.5. The lowest BCUT2D eigenvalue weighted by atomic mass is 9.89. The van der Waals surface area contributed by atoms with Gasteiger partial charge in [-0.2, -0.15) is 0 Å². The van der Waals surface area contributed by atoms with Crippen LogP contribution < -0.4 is 4.74 Å². The van der Waals surface area contributed by atoms with Crippen LogP contribution in [0, 0.1) is 0 Å². The first kappa shape index (κ1) is 20.9. The Balaban J connectivity index is 1.27. The van der Waals surface area contributed by atoms with E-state index >= 15 is 0 Å². The Kier molecular flexibility index (Phi) is 4.11. The standard InChI is InChI=1S/C38H22O/c1-3-10-28-23(7-1)15-16-26-19-24-9-5-12-30(34(24)22-35(26)28)27-17-18-31-33-14-6-13-32-29-11-4-2-8-25(29)21-37(38(32)33)39-36(31)20-27/h1-22H. The minimum absolute atomic E-state index is 0.908. The van der Waals surface area contributed by atoms with Gasteiger partial charge in [-0.1, -0.05) is 103 Å². The molecule has 9 rings (SSSR count). The fourth-order valence-corrected chi connectivity index (χ4v) is 6.58. The molecule has 0 atom stereocenters. The molecule has 0 bridgehead atoms. The summed E-state index contributed by atoms with van der Waals surface area (Å²) < 4.78 is 6.66. The van der Waals surface area contributed by atoms with Crippen molar-refractivity contribution in [1.82, 2.24) is 0 Å². The van der Waals surface area contributed by atoms with Crippen molar-refractivity contribution in [3.8, 4) is 33.8 Å². The molecule has 0 spiro atoms. The summed E-state index contributed by atoms with van der Waals surface area (Å²) in [7, 11) is 0. The van der Waals surface area contributed by atoms with Gasteiger partial charge in [-0.3, -0.25) is 0 Å². The average molecular weight is 495 g/mol. The van der Waals surface area contributed by atoms with Gasteiger partial charge in [-0.25, -0.2) is 0 Å². The highest BCUT2D eigenvalue weighted by Crippen LogP contribution is 2.49. The Labute approximate surface area is 225 Å². The Morgan fingerprint density at radius 1 is 0.333 bits per heavy atom. The molecular weight excluding hydrogens is 472 g/mol. The molecule has 1 aliphatic rings. The fraction of sp³-hybridized carbons (Fsp3) is 0. The Morgan fingerprint density at radius 3 is 1.92 bits per heavy atom. The van der Waals surface area contributed by atoms with E-state index in [-0.39, 0.29) is 0 Å². The van der Waals surface area contributed by atoms with E-state index in [4.69, 9.17) is 4.74 Å². The van der Waals surface area contributed by atoms with Gasteiger partial charge in [0.25, 0.3) is 0 Å². The van der Waals surface area contributed by atoms with E-state index in [0.717, 1.165) is 22.6 Å². The van der Waals surface area contributed by atoms with Gasteiger partial charge in [0.2, 0.25) is 0 Å². The SMILES string of the molecule is c1cc(-c2ccc3c(c2)Oc2cc4ccccc4c4cccc-3c24)c2cc3c(ccc4ccccc43)cc2c1. The van der Waals surface area contributed by atoms with Crippen molar-refractivity contribution in [2.75, 3.05) is 0 Å². The van der Waals surface area contributed by atoms with Crippen LogP contribution in [0.4, 0.5) is 0 Å². The van der Waals surface area contributed by atoms with E-state index < -0.39 is 0 Å². The summed E-state index contributed by atoms with van der Waals surface area (Å²) in [6.07, 6.45) is 0. The largest absolute Gasteiger partial charge is 0.456 e. The first-order valence-corrected chi connectivity index (χ1v) is 13.4. The molecule has 1 heterocycles. The van der Waals surface area contributed by atoms with Crippen molar-refractivity contribution in [3.63, 3.8) is 0 Å². The van der Waals surface area contributed by atoms with Gasteiger partial charge in [0.15, 0.2) is 0 Å². The van der Waals surface area contributed by atoms with Gasteiger partial charge in [0.05, 0.1) is 0 Å². The number of hydrogen-bond donors (Lipinski definition) is 0. The average Bonchev–Trinajstić information content (AvgIpc) is 2.99. The molecule has 0 aliphatic carbocycles. The molecular formula is C38H22O. The van der Waals surface area contributed by atoms with Crippen LogP contribution in [0.25, 0.3) is 76.1 Å². The van der Waals surface area contributed by atoms with Crippen molar-refractivity contribution in [2.45, 2.75) is 0 Å². The molecule has 8 aromatic rings. The van der Waals surface area contributed by atoms with E-state index in [9.17, 15) is 0 Å². The minimum Gasteiger partial charge on any atom is -0.456 e. The molecule has 39 heavy (non-hydrogen) atoms. The fourth-order valence-electron chi connectivity index (χ4n) is 6.58. The maximum absolute atomic E-state index is 6.66. The zero-order valence-corrected chi connectivity index (χ0v) is 21.1. The summed E-state index contributed by atoms with van der Waals surface area (Å²) in [6.45, 7) is 0. The summed E-state index contributed by atoms with van der Waals surface area (Å²) in [5.41, 5.74) is 4.76. The highest BCUT2D eigenvalue weighted by atomic mass is 16.5. The highest BCUT2D eigenvalue weighted by Gasteiger charge is 2.22. The second kappa shape index (κ2) is 7.69. The van der Waals surface area contributed by atoms with Crippen molar-refractivity contribution >= 4 is 53.9 Å². The first-order chi connectivity index (χ1) is 19.3. The van der Waals surface area contributed by atoms with Crippen molar-refractivity contribution < 1.29 is 4.74 Å². The predicted octanol–water partition coefficient (Wildman–Crippen LogP) is 10.9. The van der Waals surface area contributed by atoms with E-state index in [0.29, 0.717) is 0 Å². The molecule has 0 aromatic heterocycles. The molecule has 0 saturated carbocycles. The summed E-state index contributed by atoms with van der Waals surface area (Å²) in [5.74, 6) is 1.84. The van der Waals surface area contributed by atoms with Crippen molar-refractivity contribution in [1.29, 1.82) is 0 Å². The van der Waals surface area contributed by atoms with Crippen molar-refractivity contribution in [2.24, 2.45) is 0 Å². The van der Waals surface area contributed by atoms with E-state index in [1.807, 2.05) is 0 Å². The van der Waals surface area contributed by atoms with Crippen molar-refractivity contribution in [3.05, 3.63) is 133 Å². The summed E-state index contributed by atoms with van der Waals surface area (Å²) in [4.78, 5) is 0. The third-order valence-electron chi connectivity index (χ3n) is 8.40. The van der Waals surface area contributed by atoms with Gasteiger partial charge in [-0.05, 0) is 95.5 Å². The molecule has 1 nitrogen and oxygen atoms in total. The first-order valence-electron chi connectivity index (χ1n) is 13.4. The van der Waals surface area contributed by atoms with Gasteiger partial charge >= 0.3 is 0 Å². The number of benzene rings is 8. The smallest absolute Gasteiger partial charge is 0.136 e. The van der Waals surface area contributed by atoms with Crippen LogP contribution in [0.5, 0.6) is 11.5 Å². The van der Waals surface area contributed by atoms with E-state index in [2.05, 4.69) is 133 Å². The van der Waals surface area contributed by atoms with Gasteiger partial charge in [0, 0.05) is 10.9 Å². The third-order valence-corrected chi connectivity index (χ3v) is 8.40. The second-order valence-corrected chi connectivity index (χ2v) is 10.5. The maximum Gasteiger partial charge on any atom is 0.136 e. The minimum atomic E-state index is 0.908. The number of rotatable bonds is 1.